The number of carbonyl (C=O) groups excluding carboxylic acids is 1. The number of amides is 1. The minimum Gasteiger partial charge on any atom is -0.336 e. The Bertz CT molecular complexity index is 473. The van der Waals surface area contributed by atoms with Crippen LogP contribution in [0.4, 0.5) is 0 Å². The summed E-state index contributed by atoms with van der Waals surface area (Å²) in [5.41, 5.74) is 0.951. The van der Waals surface area contributed by atoms with E-state index >= 15 is 0 Å². The number of nitrogens with zero attached hydrogens (tertiary/aromatic N) is 2. The third kappa shape index (κ3) is 3.22. The molecule has 1 heterocycles. The number of hydrogen-bond donors (Lipinski definition) is 0. The van der Waals surface area contributed by atoms with Gasteiger partial charge >= 0.3 is 0 Å². The minimum absolute atomic E-state index is 0.303. The van der Waals surface area contributed by atoms with Gasteiger partial charge in [-0.05, 0) is 51.4 Å². The maximum Gasteiger partial charge on any atom is 0.229 e. The van der Waals surface area contributed by atoms with Gasteiger partial charge in [-0.25, -0.2) is 4.98 Å². The van der Waals surface area contributed by atoms with Gasteiger partial charge in [-0.1, -0.05) is 6.92 Å². The number of thiazole rings is 1. The lowest BCUT2D eigenvalue weighted by molar-refractivity contribution is -0.134. The van der Waals surface area contributed by atoms with Crippen molar-refractivity contribution in [2.75, 3.05) is 0 Å². The van der Waals surface area contributed by atoms with Crippen molar-refractivity contribution in [1.29, 1.82) is 0 Å². The SMILES string of the molecule is Cc1nc(CC(=O)N(C2CCC(C)CC2)C2CC2)cs1. The minimum atomic E-state index is 0.303. The van der Waals surface area contributed by atoms with Crippen LogP contribution >= 0.6 is 11.3 Å². The Morgan fingerprint density at radius 2 is 1.85 bits per heavy atom. The molecule has 2 aliphatic rings. The van der Waals surface area contributed by atoms with Gasteiger partial charge in [0.1, 0.15) is 0 Å². The maximum absolute atomic E-state index is 12.7. The van der Waals surface area contributed by atoms with E-state index in [1.165, 1.54) is 38.5 Å². The molecule has 2 saturated carbocycles. The quantitative estimate of drug-likeness (QED) is 0.850. The van der Waals surface area contributed by atoms with Crippen molar-refractivity contribution in [3.05, 3.63) is 16.1 Å². The second-order valence-electron chi connectivity index (χ2n) is 6.48. The molecule has 0 N–H and O–H groups in total. The van der Waals surface area contributed by atoms with E-state index in [4.69, 9.17) is 0 Å². The monoisotopic (exact) mass is 292 g/mol. The number of carbonyl (C=O) groups is 1. The van der Waals surface area contributed by atoms with E-state index < -0.39 is 0 Å². The molecule has 0 bridgehead atoms. The Morgan fingerprint density at radius 1 is 1.25 bits per heavy atom. The van der Waals surface area contributed by atoms with Gasteiger partial charge in [0.2, 0.25) is 5.91 Å². The van der Waals surface area contributed by atoms with Crippen LogP contribution in [0, 0.1) is 12.8 Å². The first kappa shape index (κ1) is 14.1. The van der Waals surface area contributed by atoms with Crippen molar-refractivity contribution in [3.63, 3.8) is 0 Å². The van der Waals surface area contributed by atoms with Gasteiger partial charge in [-0.15, -0.1) is 11.3 Å². The highest BCUT2D eigenvalue weighted by Crippen LogP contribution is 2.35. The molecule has 0 aromatic carbocycles. The molecule has 20 heavy (non-hydrogen) atoms. The molecular formula is C16H24N2OS. The molecule has 0 aliphatic heterocycles. The van der Waals surface area contributed by atoms with Crippen LogP contribution in [-0.4, -0.2) is 27.9 Å². The van der Waals surface area contributed by atoms with E-state index in [1.807, 2.05) is 12.3 Å². The molecule has 1 aromatic rings. The van der Waals surface area contributed by atoms with Crippen molar-refractivity contribution in [2.45, 2.75) is 70.9 Å². The normalized spacial score (nSPS) is 26.5. The van der Waals surface area contributed by atoms with Gasteiger partial charge in [0.25, 0.3) is 0 Å². The van der Waals surface area contributed by atoms with Crippen LogP contribution in [0.5, 0.6) is 0 Å². The Balaban J connectivity index is 1.65. The molecule has 4 heteroatoms. The molecule has 2 aliphatic carbocycles. The Labute approximate surface area is 125 Å². The van der Waals surface area contributed by atoms with Crippen LogP contribution in [0.2, 0.25) is 0 Å². The highest BCUT2D eigenvalue weighted by Gasteiger charge is 2.38. The van der Waals surface area contributed by atoms with E-state index in [1.54, 1.807) is 11.3 Å². The summed E-state index contributed by atoms with van der Waals surface area (Å²) in [6.45, 7) is 4.33. The summed E-state index contributed by atoms with van der Waals surface area (Å²) in [5, 5.41) is 3.08. The van der Waals surface area contributed by atoms with Crippen molar-refractivity contribution in [2.24, 2.45) is 5.92 Å². The third-order valence-corrected chi connectivity index (χ3v) is 5.43. The van der Waals surface area contributed by atoms with E-state index in [0.717, 1.165) is 16.6 Å². The first-order chi connectivity index (χ1) is 9.63. The highest BCUT2D eigenvalue weighted by atomic mass is 32.1. The molecule has 1 aromatic heterocycles. The zero-order valence-electron chi connectivity index (χ0n) is 12.5. The Morgan fingerprint density at radius 3 is 2.35 bits per heavy atom. The molecule has 3 nitrogen and oxygen atoms in total. The molecule has 2 fully saturated rings. The largest absolute Gasteiger partial charge is 0.336 e. The van der Waals surface area contributed by atoms with Crippen molar-refractivity contribution in [3.8, 4) is 0 Å². The predicted octanol–water partition coefficient (Wildman–Crippen LogP) is 3.56. The van der Waals surface area contributed by atoms with Crippen LogP contribution in [0.25, 0.3) is 0 Å². The van der Waals surface area contributed by atoms with Crippen LogP contribution in [0.15, 0.2) is 5.38 Å². The average molecular weight is 292 g/mol. The third-order valence-electron chi connectivity index (χ3n) is 4.61. The Hall–Kier alpha value is -0.900. The van der Waals surface area contributed by atoms with Crippen molar-refractivity contribution < 1.29 is 4.79 Å². The molecule has 1 amide bonds. The van der Waals surface area contributed by atoms with Gasteiger partial charge < -0.3 is 4.90 Å². The number of rotatable bonds is 4. The lowest BCUT2D eigenvalue weighted by Gasteiger charge is -2.36. The second-order valence-corrected chi connectivity index (χ2v) is 7.54. The standard InChI is InChI=1S/C16H24N2OS/c1-11-3-5-14(6-4-11)18(15-7-8-15)16(19)9-13-10-20-12(2)17-13/h10-11,14-15H,3-9H2,1-2H3. The Kier molecular flexibility index (Phi) is 4.11. The van der Waals surface area contributed by atoms with Crippen LogP contribution in [0.3, 0.4) is 0 Å². The fourth-order valence-corrected chi connectivity index (χ4v) is 3.93. The van der Waals surface area contributed by atoms with Crippen molar-refractivity contribution in [1.82, 2.24) is 9.88 Å². The fourth-order valence-electron chi connectivity index (χ4n) is 3.31. The summed E-state index contributed by atoms with van der Waals surface area (Å²) in [6.07, 6.45) is 7.83. The van der Waals surface area contributed by atoms with Gasteiger partial charge in [-0.3, -0.25) is 4.79 Å². The molecule has 0 spiro atoms. The summed E-state index contributed by atoms with van der Waals surface area (Å²) in [6, 6.07) is 1.02. The summed E-state index contributed by atoms with van der Waals surface area (Å²) in [4.78, 5) is 19.3. The van der Waals surface area contributed by atoms with Crippen molar-refractivity contribution >= 4 is 17.2 Å². The summed E-state index contributed by atoms with van der Waals surface area (Å²) in [7, 11) is 0. The van der Waals surface area contributed by atoms with E-state index in [9.17, 15) is 4.79 Å². The number of aryl methyl sites for hydroxylation is 1. The highest BCUT2D eigenvalue weighted by molar-refractivity contribution is 7.09. The second kappa shape index (κ2) is 5.84. The first-order valence-corrected chi connectivity index (χ1v) is 8.73. The van der Waals surface area contributed by atoms with E-state index in [-0.39, 0.29) is 0 Å². The molecule has 110 valence electrons. The summed E-state index contributed by atoms with van der Waals surface area (Å²) in [5.74, 6) is 1.14. The van der Waals surface area contributed by atoms with Crippen LogP contribution in [0.1, 0.15) is 56.2 Å². The fraction of sp³-hybridized carbons (Fsp3) is 0.750. The molecule has 0 saturated heterocycles. The lowest BCUT2D eigenvalue weighted by atomic mass is 9.86. The first-order valence-electron chi connectivity index (χ1n) is 7.85. The van der Waals surface area contributed by atoms with Gasteiger partial charge in [-0.2, -0.15) is 0 Å². The smallest absolute Gasteiger partial charge is 0.229 e. The van der Waals surface area contributed by atoms with Crippen LogP contribution in [-0.2, 0) is 11.2 Å². The lowest BCUT2D eigenvalue weighted by Crippen LogP contribution is -2.44. The molecule has 3 rings (SSSR count). The van der Waals surface area contributed by atoms with E-state index in [0.29, 0.717) is 24.4 Å². The van der Waals surface area contributed by atoms with Gasteiger partial charge in [0, 0.05) is 17.5 Å². The molecule has 0 unspecified atom stereocenters. The predicted molar refractivity (Wildman–Crippen MR) is 81.8 cm³/mol. The summed E-state index contributed by atoms with van der Waals surface area (Å²) >= 11 is 1.64. The molecule has 0 atom stereocenters. The maximum atomic E-state index is 12.7. The summed E-state index contributed by atoms with van der Waals surface area (Å²) < 4.78 is 0. The van der Waals surface area contributed by atoms with Gasteiger partial charge in [0.15, 0.2) is 0 Å². The number of hydrogen-bond acceptors (Lipinski definition) is 3. The van der Waals surface area contributed by atoms with Gasteiger partial charge in [0.05, 0.1) is 17.1 Å². The molecule has 0 radical (unpaired) electrons. The average Bonchev–Trinajstić information content (AvgIpc) is 3.16. The van der Waals surface area contributed by atoms with Crippen LogP contribution < -0.4 is 0 Å². The topological polar surface area (TPSA) is 33.2 Å². The van der Waals surface area contributed by atoms with E-state index in [2.05, 4.69) is 16.8 Å². The zero-order valence-corrected chi connectivity index (χ0v) is 13.3. The number of aromatic nitrogens is 1. The zero-order chi connectivity index (χ0) is 14.1. The molecular weight excluding hydrogens is 268 g/mol.